The van der Waals surface area contributed by atoms with Crippen LogP contribution in [0.3, 0.4) is 0 Å². The van der Waals surface area contributed by atoms with E-state index >= 15 is 0 Å². The van der Waals surface area contributed by atoms with Crippen LogP contribution in [0.2, 0.25) is 0 Å². The molecule has 0 aliphatic heterocycles. The minimum Gasteiger partial charge on any atom is -0.449 e. The van der Waals surface area contributed by atoms with Gasteiger partial charge in [-0.15, -0.1) is 0 Å². The zero-order valence-corrected chi connectivity index (χ0v) is 13.3. The number of rotatable bonds is 8. The highest BCUT2D eigenvalue weighted by atomic mass is 16.7. The second kappa shape index (κ2) is 8.96. The van der Waals surface area contributed by atoms with Crippen molar-refractivity contribution in [3.05, 3.63) is 65.7 Å². The fourth-order valence-electron chi connectivity index (χ4n) is 2.39. The maximum absolute atomic E-state index is 10.9. The Morgan fingerprint density at radius 2 is 1.78 bits per heavy atom. The Kier molecular flexibility index (Phi) is 6.63. The van der Waals surface area contributed by atoms with Crippen LogP contribution in [0, 0.1) is 0 Å². The van der Waals surface area contributed by atoms with Gasteiger partial charge in [-0.3, -0.25) is 0 Å². The number of hydrogen-bond donors (Lipinski definition) is 1. The highest BCUT2D eigenvalue weighted by molar-refractivity contribution is 5.62. The third-order valence-corrected chi connectivity index (χ3v) is 3.54. The average molecular weight is 314 g/mol. The van der Waals surface area contributed by atoms with Gasteiger partial charge in [0.15, 0.2) is 0 Å². The van der Waals surface area contributed by atoms with Gasteiger partial charge in [-0.25, -0.2) is 4.79 Å². The van der Waals surface area contributed by atoms with Gasteiger partial charge < -0.3 is 14.6 Å². The van der Waals surface area contributed by atoms with Crippen LogP contribution >= 0.6 is 0 Å². The Balaban J connectivity index is 2.23. The maximum Gasteiger partial charge on any atom is 0.511 e. The van der Waals surface area contributed by atoms with Crippen LogP contribution in [-0.2, 0) is 11.2 Å². The molecule has 0 fully saturated rings. The molecular weight excluding hydrogens is 292 g/mol. The lowest BCUT2D eigenvalue weighted by atomic mass is 10.0. The molecule has 0 heterocycles. The van der Waals surface area contributed by atoms with Gasteiger partial charge in [-0.2, -0.15) is 0 Å². The lowest BCUT2D eigenvalue weighted by Gasteiger charge is -2.20. The summed E-state index contributed by atoms with van der Waals surface area (Å²) in [6.45, 7) is 2.74. The van der Waals surface area contributed by atoms with E-state index in [9.17, 15) is 4.79 Å². The van der Waals surface area contributed by atoms with Crippen molar-refractivity contribution in [3.8, 4) is 5.75 Å². The van der Waals surface area contributed by atoms with E-state index in [4.69, 9.17) is 14.6 Å². The molecule has 0 radical (unpaired) electrons. The standard InChI is InChI=1S/C19H22O4/c1-2-3-13-22-18(14-15-9-5-4-6-10-15)16-11-7-8-12-17(16)23-19(20)21/h4-12,18H,2-3,13-14H2,1H3,(H,20,21). The Morgan fingerprint density at radius 3 is 2.48 bits per heavy atom. The molecule has 0 aliphatic rings. The molecule has 1 unspecified atom stereocenters. The summed E-state index contributed by atoms with van der Waals surface area (Å²) in [5.41, 5.74) is 1.90. The van der Waals surface area contributed by atoms with Gasteiger partial charge in [0.25, 0.3) is 0 Å². The molecule has 4 nitrogen and oxygen atoms in total. The SMILES string of the molecule is CCCCOC(Cc1ccccc1)c1ccccc1OC(=O)O. The van der Waals surface area contributed by atoms with Crippen molar-refractivity contribution in [1.82, 2.24) is 0 Å². The Labute approximate surface area is 136 Å². The predicted octanol–water partition coefficient (Wildman–Crippen LogP) is 4.84. The summed E-state index contributed by atoms with van der Waals surface area (Å²) in [6.07, 6.45) is 1.13. The molecule has 2 aromatic carbocycles. The molecule has 0 saturated heterocycles. The average Bonchev–Trinajstić information content (AvgIpc) is 2.55. The Hall–Kier alpha value is -2.33. The molecule has 2 aromatic rings. The molecule has 0 amide bonds. The van der Waals surface area contributed by atoms with E-state index in [1.54, 1.807) is 12.1 Å². The molecule has 0 spiro atoms. The van der Waals surface area contributed by atoms with Crippen LogP contribution < -0.4 is 4.74 Å². The predicted molar refractivity (Wildman–Crippen MR) is 88.8 cm³/mol. The van der Waals surface area contributed by atoms with Gasteiger partial charge in [0.2, 0.25) is 0 Å². The zero-order chi connectivity index (χ0) is 16.5. The van der Waals surface area contributed by atoms with Crippen molar-refractivity contribution in [3.63, 3.8) is 0 Å². The summed E-state index contributed by atoms with van der Waals surface area (Å²) in [5.74, 6) is 0.331. The van der Waals surface area contributed by atoms with Crippen molar-refractivity contribution >= 4 is 6.16 Å². The van der Waals surface area contributed by atoms with Crippen LogP contribution in [0.1, 0.15) is 37.0 Å². The number of carboxylic acid groups (broad SMARTS) is 1. The normalized spacial score (nSPS) is 11.9. The van der Waals surface area contributed by atoms with Crippen LogP contribution in [0.5, 0.6) is 5.75 Å². The van der Waals surface area contributed by atoms with Crippen LogP contribution in [0.15, 0.2) is 54.6 Å². The van der Waals surface area contributed by atoms with E-state index in [0.29, 0.717) is 18.8 Å². The first-order valence-corrected chi connectivity index (χ1v) is 7.86. The molecule has 4 heteroatoms. The van der Waals surface area contributed by atoms with Gasteiger partial charge in [-0.05, 0) is 18.1 Å². The molecule has 1 N–H and O–H groups in total. The van der Waals surface area contributed by atoms with E-state index < -0.39 is 6.16 Å². The number of hydrogen-bond acceptors (Lipinski definition) is 3. The van der Waals surface area contributed by atoms with Crippen LogP contribution in [0.4, 0.5) is 4.79 Å². The molecule has 1 atom stereocenters. The van der Waals surface area contributed by atoms with Crippen molar-refractivity contribution in [2.24, 2.45) is 0 Å². The molecular formula is C19H22O4. The number of ether oxygens (including phenoxy) is 2. The largest absolute Gasteiger partial charge is 0.511 e. The first-order chi connectivity index (χ1) is 11.2. The first kappa shape index (κ1) is 17.0. The minimum atomic E-state index is -1.32. The van der Waals surface area contributed by atoms with E-state index in [1.165, 1.54) is 0 Å². The molecule has 0 aliphatic carbocycles. The minimum absolute atomic E-state index is 0.237. The molecule has 122 valence electrons. The molecule has 0 saturated carbocycles. The van der Waals surface area contributed by atoms with E-state index in [1.807, 2.05) is 42.5 Å². The summed E-state index contributed by atoms with van der Waals surface area (Å²) in [4.78, 5) is 10.9. The monoisotopic (exact) mass is 314 g/mol. The third-order valence-electron chi connectivity index (χ3n) is 3.54. The number of carbonyl (C=O) groups is 1. The smallest absolute Gasteiger partial charge is 0.449 e. The fraction of sp³-hybridized carbons (Fsp3) is 0.316. The van der Waals surface area contributed by atoms with Gasteiger partial charge in [0.05, 0.1) is 6.10 Å². The maximum atomic E-state index is 10.9. The van der Waals surface area contributed by atoms with E-state index in [-0.39, 0.29) is 6.10 Å². The first-order valence-electron chi connectivity index (χ1n) is 7.86. The van der Waals surface area contributed by atoms with Gasteiger partial charge >= 0.3 is 6.16 Å². The second-order valence-electron chi connectivity index (χ2n) is 5.31. The molecule has 0 aromatic heterocycles. The number of para-hydroxylation sites is 1. The summed E-state index contributed by atoms with van der Waals surface area (Å²) >= 11 is 0. The summed E-state index contributed by atoms with van der Waals surface area (Å²) in [5, 5.41) is 8.91. The van der Waals surface area contributed by atoms with E-state index in [2.05, 4.69) is 6.92 Å². The molecule has 0 bridgehead atoms. The number of unbranched alkanes of at least 4 members (excludes halogenated alkanes) is 1. The lowest BCUT2D eigenvalue weighted by molar-refractivity contribution is 0.0489. The Bertz CT molecular complexity index is 610. The summed E-state index contributed by atoms with van der Waals surface area (Å²) < 4.78 is 10.9. The highest BCUT2D eigenvalue weighted by Gasteiger charge is 2.19. The highest BCUT2D eigenvalue weighted by Crippen LogP contribution is 2.30. The zero-order valence-electron chi connectivity index (χ0n) is 13.3. The topological polar surface area (TPSA) is 55.8 Å². The van der Waals surface area contributed by atoms with Crippen molar-refractivity contribution in [2.75, 3.05) is 6.61 Å². The van der Waals surface area contributed by atoms with Gasteiger partial charge in [-0.1, -0.05) is 61.9 Å². The summed E-state index contributed by atoms with van der Waals surface area (Å²) in [7, 11) is 0. The van der Waals surface area contributed by atoms with Crippen molar-refractivity contribution in [1.29, 1.82) is 0 Å². The van der Waals surface area contributed by atoms with E-state index in [0.717, 1.165) is 24.0 Å². The van der Waals surface area contributed by atoms with Crippen molar-refractivity contribution in [2.45, 2.75) is 32.3 Å². The lowest BCUT2D eigenvalue weighted by Crippen LogP contribution is -2.12. The Morgan fingerprint density at radius 1 is 1.09 bits per heavy atom. The molecule has 23 heavy (non-hydrogen) atoms. The fourth-order valence-corrected chi connectivity index (χ4v) is 2.39. The van der Waals surface area contributed by atoms with Crippen LogP contribution in [-0.4, -0.2) is 17.9 Å². The molecule has 2 rings (SSSR count). The second-order valence-corrected chi connectivity index (χ2v) is 5.31. The van der Waals surface area contributed by atoms with Gasteiger partial charge in [0, 0.05) is 18.6 Å². The quantitative estimate of drug-likeness (QED) is 0.430. The van der Waals surface area contributed by atoms with Crippen molar-refractivity contribution < 1.29 is 19.4 Å². The van der Waals surface area contributed by atoms with Gasteiger partial charge in [0.1, 0.15) is 5.75 Å². The third kappa shape index (κ3) is 5.42. The number of benzene rings is 2. The van der Waals surface area contributed by atoms with Crippen LogP contribution in [0.25, 0.3) is 0 Å². The summed E-state index contributed by atoms with van der Waals surface area (Å²) in [6, 6.07) is 17.2.